The molecule has 5 heteroatoms. The topological polar surface area (TPSA) is 0 Å². The van der Waals surface area contributed by atoms with Gasteiger partial charge in [0.05, 0.1) is 0 Å². The molecule has 0 bridgehead atoms. The summed E-state index contributed by atoms with van der Waals surface area (Å²) in [7, 11) is 0. The van der Waals surface area contributed by atoms with Crippen LogP contribution in [-0.4, -0.2) is 10.9 Å². The average Bonchev–Trinajstić information content (AvgIpc) is 3.07. The molecular weight excluding hydrogens is 439 g/mol. The maximum absolute atomic E-state index is 2.77. The SMILES string of the molecule is C[Si]1(C)[Si](C)(C)[Ti+2]1([CH]1C=Cc2ccccc21)[CH]1C=Cc2ccccc21.[Cl-].[Cl-]. The van der Waals surface area contributed by atoms with Crippen molar-refractivity contribution in [3.05, 3.63) is 82.9 Å². The van der Waals surface area contributed by atoms with Gasteiger partial charge >= 0.3 is 156 Å². The molecule has 2 atom stereocenters. The molecule has 3 aliphatic rings. The predicted molar refractivity (Wildman–Crippen MR) is 111 cm³/mol. The molecule has 2 aromatic carbocycles. The second-order valence-electron chi connectivity index (χ2n) is 9.05. The fraction of sp³-hybridized carbons (Fsp3) is 0.273. The van der Waals surface area contributed by atoms with Crippen LogP contribution in [0.25, 0.3) is 12.2 Å². The second-order valence-corrected chi connectivity index (χ2v) is 53.0. The molecule has 1 saturated heterocycles. The zero-order chi connectivity index (χ0) is 17.4. The Kier molecular flexibility index (Phi) is 5.43. The van der Waals surface area contributed by atoms with Crippen molar-refractivity contribution in [2.75, 3.05) is 0 Å². The van der Waals surface area contributed by atoms with E-state index in [1.54, 1.807) is 11.1 Å². The quantitative estimate of drug-likeness (QED) is 0.556. The summed E-state index contributed by atoms with van der Waals surface area (Å²) in [6.07, 6.45) is 10.1. The van der Waals surface area contributed by atoms with Gasteiger partial charge in [-0.25, -0.2) is 0 Å². The van der Waals surface area contributed by atoms with Gasteiger partial charge in [0.25, 0.3) is 0 Å². The summed E-state index contributed by atoms with van der Waals surface area (Å²) < 4.78 is 1.58. The van der Waals surface area contributed by atoms with Crippen LogP contribution in [0.15, 0.2) is 60.7 Å². The molecule has 140 valence electrons. The summed E-state index contributed by atoms with van der Waals surface area (Å²) in [5, 5.41) is 0. The maximum atomic E-state index is 2.77. The van der Waals surface area contributed by atoms with Gasteiger partial charge in [0.1, 0.15) is 0 Å². The maximum Gasteiger partial charge on any atom is -1.00 e. The van der Waals surface area contributed by atoms with Crippen molar-refractivity contribution < 1.29 is 39.9 Å². The Morgan fingerprint density at radius 3 is 1.37 bits per heavy atom. The molecule has 0 spiro atoms. The van der Waals surface area contributed by atoms with Gasteiger partial charge in [-0.1, -0.05) is 0 Å². The van der Waals surface area contributed by atoms with Gasteiger partial charge in [-0.15, -0.1) is 0 Å². The number of benzene rings is 2. The molecule has 2 aliphatic carbocycles. The van der Waals surface area contributed by atoms with Gasteiger partial charge in [0.2, 0.25) is 0 Å². The van der Waals surface area contributed by atoms with Gasteiger partial charge in [-0.2, -0.15) is 0 Å². The first kappa shape index (κ1) is 21.4. The van der Waals surface area contributed by atoms with E-state index in [0.717, 1.165) is 8.45 Å². The number of hydrogen-bond donors (Lipinski definition) is 0. The Morgan fingerprint density at radius 1 is 0.630 bits per heavy atom. The molecule has 0 saturated carbocycles. The van der Waals surface area contributed by atoms with E-state index >= 15 is 0 Å². The van der Waals surface area contributed by atoms with Crippen LogP contribution in [0.3, 0.4) is 0 Å². The zero-order valence-corrected chi connectivity index (χ0v) is 21.4. The average molecular weight is 465 g/mol. The molecule has 0 amide bonds. The van der Waals surface area contributed by atoms with E-state index in [4.69, 9.17) is 0 Å². The standard InChI is InChI=1S/2C9H7.C4H12Si2.2ClH.Ti/c2*1-2-5-9-7-3-6-8(9)4-1;1-5(2)6(3)4;;;/h2*1-7H;1-4H3;2*1H;/q;;;;;+2/p-2. The monoisotopic (exact) mass is 464 g/mol. The number of fused-ring (bicyclic) bond motifs is 2. The van der Waals surface area contributed by atoms with E-state index in [1.807, 2.05) is 0 Å². The molecule has 0 radical (unpaired) electrons. The van der Waals surface area contributed by atoms with Crippen LogP contribution in [0, 0.1) is 0 Å². The minimum absolute atomic E-state index is 0. The molecule has 0 N–H and O–H groups in total. The van der Waals surface area contributed by atoms with Gasteiger partial charge < -0.3 is 24.8 Å². The Morgan fingerprint density at radius 2 is 1.00 bits per heavy atom. The third-order valence-corrected chi connectivity index (χ3v) is 90.1. The third-order valence-electron chi connectivity index (χ3n) is 8.15. The first-order chi connectivity index (χ1) is 11.9. The first-order valence-electron chi connectivity index (χ1n) is 9.47. The van der Waals surface area contributed by atoms with Gasteiger partial charge in [-0.05, 0) is 0 Å². The minimum Gasteiger partial charge on any atom is -1.00 e. The summed E-state index contributed by atoms with van der Waals surface area (Å²) >= 11 is -2.12. The van der Waals surface area contributed by atoms with Crippen molar-refractivity contribution in [3.63, 3.8) is 0 Å². The number of halogens is 2. The molecule has 2 aromatic rings. The summed E-state index contributed by atoms with van der Waals surface area (Å²) in [4.78, 5) is 0. The van der Waals surface area contributed by atoms with Gasteiger partial charge in [0, 0.05) is 0 Å². The predicted octanol–water partition coefficient (Wildman–Crippen LogP) is 0.187. The molecule has 0 nitrogen and oxygen atoms in total. The Bertz CT molecular complexity index is 871. The summed E-state index contributed by atoms with van der Waals surface area (Å²) in [5.41, 5.74) is 4.10. The normalized spacial score (nSPS) is 25.3. The Hall–Kier alpha value is -0.352. The smallest absolute Gasteiger partial charge is 1.00 e. The van der Waals surface area contributed by atoms with Crippen LogP contribution in [0.4, 0.5) is 0 Å². The van der Waals surface area contributed by atoms with Crippen molar-refractivity contribution in [1.29, 1.82) is 0 Å². The Balaban J connectivity index is 0.00000105. The fourth-order valence-corrected chi connectivity index (χ4v) is 118. The number of allylic oxidation sites excluding steroid dienone is 2. The van der Waals surface area contributed by atoms with E-state index in [2.05, 4.69) is 99.0 Å². The minimum atomic E-state index is -2.12. The van der Waals surface area contributed by atoms with E-state index in [9.17, 15) is 0 Å². The van der Waals surface area contributed by atoms with Gasteiger partial charge in [-0.3, -0.25) is 0 Å². The van der Waals surface area contributed by atoms with Crippen molar-refractivity contribution in [2.45, 2.75) is 34.6 Å². The molecule has 27 heavy (non-hydrogen) atoms. The largest absolute Gasteiger partial charge is 1.00 e. The zero-order valence-electron chi connectivity index (χ0n) is 16.3. The molecule has 1 fully saturated rings. The molecule has 1 heterocycles. The van der Waals surface area contributed by atoms with Crippen LogP contribution >= 0.6 is 0 Å². The van der Waals surface area contributed by atoms with E-state index in [0.29, 0.717) is 0 Å². The van der Waals surface area contributed by atoms with Crippen LogP contribution in [-0.2, 0) is 15.1 Å². The van der Waals surface area contributed by atoms with E-state index < -0.39 is 26.0 Å². The molecular formula is C22H26Cl2Si2Ti. The van der Waals surface area contributed by atoms with Crippen molar-refractivity contribution in [2.24, 2.45) is 0 Å². The van der Waals surface area contributed by atoms with Crippen LogP contribution in [0.2, 0.25) is 26.2 Å². The fourth-order valence-electron chi connectivity index (χ4n) is 6.44. The van der Waals surface area contributed by atoms with Crippen molar-refractivity contribution in [3.8, 4) is 0 Å². The van der Waals surface area contributed by atoms with Crippen molar-refractivity contribution in [1.82, 2.24) is 0 Å². The van der Waals surface area contributed by atoms with Crippen molar-refractivity contribution >= 4 is 23.1 Å². The first-order valence-corrected chi connectivity index (χ1v) is 23.0. The Labute approximate surface area is 179 Å². The summed E-state index contributed by atoms with van der Waals surface area (Å²) in [6, 6.07) is 18.5. The number of rotatable bonds is 2. The molecule has 5 rings (SSSR count). The summed E-state index contributed by atoms with van der Waals surface area (Å²) in [5.74, 6) is 0. The summed E-state index contributed by atoms with van der Waals surface area (Å²) in [6.45, 7) is 11.1. The van der Waals surface area contributed by atoms with E-state index in [1.165, 1.54) is 11.1 Å². The van der Waals surface area contributed by atoms with Crippen LogP contribution < -0.4 is 24.8 Å². The molecule has 1 aliphatic heterocycles. The van der Waals surface area contributed by atoms with E-state index in [-0.39, 0.29) is 24.8 Å². The van der Waals surface area contributed by atoms with Gasteiger partial charge in [0.15, 0.2) is 0 Å². The molecule has 2 unspecified atom stereocenters. The molecule has 0 aromatic heterocycles. The van der Waals surface area contributed by atoms with Crippen LogP contribution in [0.5, 0.6) is 0 Å². The van der Waals surface area contributed by atoms with Crippen LogP contribution in [0.1, 0.15) is 30.7 Å². The number of hydrogen-bond acceptors (Lipinski definition) is 0. The third kappa shape index (κ3) is 2.44. The second kappa shape index (κ2) is 6.86.